The lowest BCUT2D eigenvalue weighted by Crippen LogP contribution is -2.40. The van der Waals surface area contributed by atoms with Gasteiger partial charge in [0.15, 0.2) is 5.41 Å². The summed E-state index contributed by atoms with van der Waals surface area (Å²) in [5.74, 6) is -0.976. The number of imidazole rings is 1. The van der Waals surface area contributed by atoms with E-state index in [0.717, 1.165) is 0 Å². The molecule has 0 aliphatic carbocycles. The first-order chi connectivity index (χ1) is 10.9. The molecule has 0 spiro atoms. The number of aromatic amines is 1. The van der Waals surface area contributed by atoms with Gasteiger partial charge in [0.05, 0.1) is 17.6 Å². The van der Waals surface area contributed by atoms with Crippen molar-refractivity contribution in [3.8, 4) is 0 Å². The van der Waals surface area contributed by atoms with Gasteiger partial charge in [0.2, 0.25) is 17.8 Å². The van der Waals surface area contributed by atoms with Gasteiger partial charge in [-0.25, -0.2) is 4.98 Å². The van der Waals surface area contributed by atoms with Crippen molar-refractivity contribution >= 4 is 40.5 Å². The van der Waals surface area contributed by atoms with Crippen molar-refractivity contribution < 1.29 is 19.1 Å². The Labute approximate surface area is 131 Å². The van der Waals surface area contributed by atoms with Crippen LogP contribution in [0.1, 0.15) is 26.3 Å². The van der Waals surface area contributed by atoms with Crippen LogP contribution in [0.15, 0.2) is 12.1 Å². The maximum Gasteiger partial charge on any atom is 0.326 e. The lowest BCUT2D eigenvalue weighted by atomic mass is 9.83. The molecule has 8 heteroatoms. The number of rotatable bonds is 3. The molecule has 1 aliphatic heterocycles. The molecule has 3 N–H and O–H groups in total. The second-order valence-corrected chi connectivity index (χ2v) is 5.48. The first kappa shape index (κ1) is 15.0. The standard InChI is InChI=1S/C15H16N4O4/c1-4-23-13(22)15(3)8-5-10-11(6-9(8)17-12(15)21)19-14(18-10)16-7(2)20/h5-6H,4H2,1-3H3,(H,17,21)(H2,16,18,19,20). The summed E-state index contributed by atoms with van der Waals surface area (Å²) in [6.45, 7) is 4.78. The minimum Gasteiger partial charge on any atom is -0.465 e. The van der Waals surface area contributed by atoms with Crippen LogP contribution in [0.4, 0.5) is 11.6 Å². The van der Waals surface area contributed by atoms with E-state index in [0.29, 0.717) is 28.2 Å². The molecule has 0 saturated carbocycles. The maximum atomic E-state index is 12.3. The third-order valence-corrected chi connectivity index (χ3v) is 3.84. The van der Waals surface area contributed by atoms with Gasteiger partial charge >= 0.3 is 5.97 Å². The van der Waals surface area contributed by atoms with Gasteiger partial charge in [0.25, 0.3) is 0 Å². The van der Waals surface area contributed by atoms with E-state index in [9.17, 15) is 14.4 Å². The summed E-state index contributed by atoms with van der Waals surface area (Å²) in [4.78, 5) is 42.8. The molecule has 0 fully saturated rings. The number of benzene rings is 1. The number of H-pyrrole nitrogens is 1. The second-order valence-electron chi connectivity index (χ2n) is 5.48. The summed E-state index contributed by atoms with van der Waals surface area (Å²) in [7, 11) is 0. The molecule has 1 atom stereocenters. The Morgan fingerprint density at radius 3 is 2.78 bits per heavy atom. The van der Waals surface area contributed by atoms with Crippen LogP contribution in [0, 0.1) is 0 Å². The fourth-order valence-corrected chi connectivity index (χ4v) is 2.65. The zero-order valence-corrected chi connectivity index (χ0v) is 12.9. The maximum absolute atomic E-state index is 12.3. The minimum absolute atomic E-state index is 0.189. The number of carbonyl (C=O) groups excluding carboxylic acids is 3. The molecule has 2 amide bonds. The number of nitrogens with one attached hydrogen (secondary N) is 3. The Hall–Kier alpha value is -2.90. The zero-order valence-electron chi connectivity index (χ0n) is 12.9. The predicted octanol–water partition coefficient (Wildman–Crippen LogP) is 1.29. The monoisotopic (exact) mass is 316 g/mol. The average Bonchev–Trinajstić information content (AvgIpc) is 2.95. The number of hydrogen-bond donors (Lipinski definition) is 3. The molecule has 3 rings (SSSR count). The number of carbonyl (C=O) groups is 3. The van der Waals surface area contributed by atoms with E-state index in [4.69, 9.17) is 4.74 Å². The van der Waals surface area contributed by atoms with Crippen molar-refractivity contribution in [2.24, 2.45) is 0 Å². The minimum atomic E-state index is -1.41. The van der Waals surface area contributed by atoms with Crippen LogP contribution in [0.3, 0.4) is 0 Å². The number of esters is 1. The van der Waals surface area contributed by atoms with Gasteiger partial charge in [-0.2, -0.15) is 0 Å². The first-order valence-corrected chi connectivity index (χ1v) is 7.16. The van der Waals surface area contributed by atoms with Crippen LogP contribution in [0.5, 0.6) is 0 Å². The van der Waals surface area contributed by atoms with E-state index in [-0.39, 0.29) is 12.5 Å². The molecule has 1 aromatic heterocycles. The number of aromatic nitrogens is 2. The molecule has 0 radical (unpaired) electrons. The molecular weight excluding hydrogens is 300 g/mol. The van der Waals surface area contributed by atoms with Crippen molar-refractivity contribution in [2.75, 3.05) is 17.2 Å². The van der Waals surface area contributed by atoms with Crippen molar-refractivity contribution in [3.63, 3.8) is 0 Å². The van der Waals surface area contributed by atoms with Gasteiger partial charge in [-0.3, -0.25) is 19.7 Å². The predicted molar refractivity (Wildman–Crippen MR) is 83.0 cm³/mol. The van der Waals surface area contributed by atoms with E-state index in [1.54, 1.807) is 19.1 Å². The third-order valence-electron chi connectivity index (χ3n) is 3.84. The summed E-state index contributed by atoms with van der Waals surface area (Å²) in [5.41, 5.74) is 0.804. The number of hydrogen-bond acceptors (Lipinski definition) is 5. The molecule has 8 nitrogen and oxygen atoms in total. The highest BCUT2D eigenvalue weighted by atomic mass is 16.5. The van der Waals surface area contributed by atoms with Gasteiger partial charge in [0.1, 0.15) is 0 Å². The Balaban J connectivity index is 2.10. The highest BCUT2D eigenvalue weighted by Crippen LogP contribution is 2.40. The van der Waals surface area contributed by atoms with E-state index >= 15 is 0 Å². The topological polar surface area (TPSA) is 113 Å². The van der Waals surface area contributed by atoms with Crippen molar-refractivity contribution in [1.29, 1.82) is 0 Å². The van der Waals surface area contributed by atoms with Gasteiger partial charge in [-0.15, -0.1) is 0 Å². The molecule has 1 aliphatic rings. The molecule has 1 unspecified atom stereocenters. The van der Waals surface area contributed by atoms with Crippen LogP contribution in [-0.4, -0.2) is 34.4 Å². The summed E-state index contributed by atoms with van der Waals surface area (Å²) < 4.78 is 5.04. The lowest BCUT2D eigenvalue weighted by Gasteiger charge is -2.19. The SMILES string of the molecule is CCOC(=O)C1(C)C(=O)Nc2cc3[nH]c(NC(C)=O)nc3cc21. The molecule has 1 aromatic carbocycles. The van der Waals surface area contributed by atoms with Crippen LogP contribution in [0.2, 0.25) is 0 Å². The highest BCUT2D eigenvalue weighted by Gasteiger charge is 2.50. The normalized spacial score (nSPS) is 19.3. The molecule has 0 saturated heterocycles. The Kier molecular flexibility index (Phi) is 3.32. The fourth-order valence-electron chi connectivity index (χ4n) is 2.65. The van der Waals surface area contributed by atoms with E-state index in [1.807, 2.05) is 0 Å². The second kappa shape index (κ2) is 5.08. The Bertz CT molecular complexity index is 841. The van der Waals surface area contributed by atoms with Crippen LogP contribution < -0.4 is 10.6 Å². The Morgan fingerprint density at radius 1 is 1.39 bits per heavy atom. The number of anilines is 2. The molecule has 2 aromatic rings. The van der Waals surface area contributed by atoms with Crippen LogP contribution in [-0.2, 0) is 24.5 Å². The largest absolute Gasteiger partial charge is 0.465 e. The number of fused-ring (bicyclic) bond motifs is 2. The average molecular weight is 316 g/mol. The summed E-state index contributed by atoms with van der Waals surface area (Å²) in [6, 6.07) is 3.34. The van der Waals surface area contributed by atoms with Gasteiger partial charge in [-0.1, -0.05) is 0 Å². The van der Waals surface area contributed by atoms with Crippen LogP contribution >= 0.6 is 0 Å². The van der Waals surface area contributed by atoms with Crippen molar-refractivity contribution in [2.45, 2.75) is 26.2 Å². The van der Waals surface area contributed by atoms with Gasteiger partial charge in [-0.05, 0) is 26.0 Å². The molecular formula is C15H16N4O4. The van der Waals surface area contributed by atoms with E-state index < -0.39 is 17.3 Å². The third kappa shape index (κ3) is 2.23. The van der Waals surface area contributed by atoms with Crippen molar-refractivity contribution in [3.05, 3.63) is 17.7 Å². The summed E-state index contributed by atoms with van der Waals surface area (Å²) in [6.07, 6.45) is 0. The zero-order chi connectivity index (χ0) is 16.8. The number of ether oxygens (including phenoxy) is 1. The number of nitrogens with zero attached hydrogens (tertiary/aromatic N) is 1. The van der Waals surface area contributed by atoms with Crippen molar-refractivity contribution in [1.82, 2.24) is 9.97 Å². The van der Waals surface area contributed by atoms with E-state index in [2.05, 4.69) is 20.6 Å². The first-order valence-electron chi connectivity index (χ1n) is 7.16. The summed E-state index contributed by atoms with van der Waals surface area (Å²) in [5, 5.41) is 5.25. The fraction of sp³-hybridized carbons (Fsp3) is 0.333. The number of amides is 2. The molecule has 23 heavy (non-hydrogen) atoms. The van der Waals surface area contributed by atoms with E-state index in [1.165, 1.54) is 13.8 Å². The molecule has 120 valence electrons. The van der Waals surface area contributed by atoms with Gasteiger partial charge < -0.3 is 15.0 Å². The molecule has 2 heterocycles. The quantitative estimate of drug-likeness (QED) is 0.583. The van der Waals surface area contributed by atoms with Gasteiger partial charge in [0, 0.05) is 18.2 Å². The smallest absolute Gasteiger partial charge is 0.326 e. The lowest BCUT2D eigenvalue weighted by molar-refractivity contribution is -0.152. The molecule has 0 bridgehead atoms. The highest BCUT2D eigenvalue weighted by molar-refractivity contribution is 6.19. The summed E-state index contributed by atoms with van der Waals surface area (Å²) >= 11 is 0. The Morgan fingerprint density at radius 2 is 2.13 bits per heavy atom. The van der Waals surface area contributed by atoms with Crippen LogP contribution in [0.25, 0.3) is 11.0 Å².